The fourth-order valence-corrected chi connectivity index (χ4v) is 12.1. The Morgan fingerprint density at radius 2 is 0.625 bits per heavy atom. The first kappa shape index (κ1) is 85.5. The summed E-state index contributed by atoms with van der Waals surface area (Å²) in [5, 5.41) is 0. The molecule has 0 aromatic heterocycles. The van der Waals surface area contributed by atoms with Crippen LogP contribution in [0.25, 0.3) is 0 Å². The fraction of sp³-hybridized carbons (Fsp3) is 0.821. The van der Waals surface area contributed by atoms with Gasteiger partial charge < -0.3 is 20.1 Å². The summed E-state index contributed by atoms with van der Waals surface area (Å²) < 4.78 is 33.2. The van der Waals surface area contributed by atoms with E-state index in [-0.39, 0.29) is 38.6 Å². The van der Waals surface area contributed by atoms with Crippen LogP contribution >= 0.6 is 7.82 Å². The van der Waals surface area contributed by atoms with Gasteiger partial charge in [0, 0.05) is 19.4 Å². The maximum absolute atomic E-state index is 12.8. The highest BCUT2D eigenvalue weighted by Gasteiger charge is 2.26. The van der Waals surface area contributed by atoms with E-state index in [1.54, 1.807) is 0 Å². The standard InChI is InChI=1S/C78H144NO8P/c1-3-5-7-9-11-13-15-17-19-21-23-25-27-29-31-33-35-36-37-38-39-41-42-44-46-48-50-52-54-56-58-60-62-64-66-68-70-77(80)84-74-76(75-86-88(82,83)85-73-72-79)87-78(81)71-69-67-65-63-61-59-57-55-53-51-49-47-45-43-40-34-32-30-28-26-24-22-20-18-16-14-12-10-8-6-4-2/h6,8,12,14,18,20,24,26,30,32,40,43,76H,3-5,7,9-11,13,15-17,19,21-23,25,27-29,31,33-39,41-42,44-75,79H2,1-2H3,(H,82,83)/b8-6-,14-12-,20-18-,26-24-,32-30-,43-40-. The van der Waals surface area contributed by atoms with Gasteiger partial charge >= 0.3 is 19.8 Å². The number of hydrogen-bond acceptors (Lipinski definition) is 8. The summed E-state index contributed by atoms with van der Waals surface area (Å²) in [6.45, 7) is 3.69. The summed E-state index contributed by atoms with van der Waals surface area (Å²) in [4.78, 5) is 35.4. The Bertz CT molecular complexity index is 1670. The van der Waals surface area contributed by atoms with E-state index in [0.29, 0.717) is 6.42 Å². The number of unbranched alkanes of at least 4 members (excludes halogenated alkanes) is 47. The van der Waals surface area contributed by atoms with Gasteiger partial charge in [-0.1, -0.05) is 376 Å². The van der Waals surface area contributed by atoms with Gasteiger partial charge in [0.05, 0.1) is 13.2 Å². The van der Waals surface area contributed by atoms with E-state index in [1.165, 1.54) is 270 Å². The van der Waals surface area contributed by atoms with Crippen LogP contribution in [0, 0.1) is 0 Å². The zero-order chi connectivity index (χ0) is 63.7. The Morgan fingerprint density at radius 1 is 0.352 bits per heavy atom. The van der Waals surface area contributed by atoms with Gasteiger partial charge in [0.25, 0.3) is 0 Å². The summed E-state index contributed by atoms with van der Waals surface area (Å²) in [5.74, 6) is -0.814. The van der Waals surface area contributed by atoms with E-state index in [1.807, 2.05) is 0 Å². The molecule has 0 aromatic carbocycles. The van der Waals surface area contributed by atoms with E-state index >= 15 is 0 Å². The van der Waals surface area contributed by atoms with Crippen molar-refractivity contribution in [1.29, 1.82) is 0 Å². The molecule has 0 aliphatic heterocycles. The number of nitrogens with two attached hydrogens (primary N) is 1. The second-order valence-corrected chi connectivity index (χ2v) is 27.0. The van der Waals surface area contributed by atoms with Gasteiger partial charge in [-0.3, -0.25) is 18.6 Å². The van der Waals surface area contributed by atoms with Crippen molar-refractivity contribution in [3.05, 3.63) is 72.9 Å². The number of allylic oxidation sites excluding steroid dienone is 12. The molecule has 0 saturated heterocycles. The Labute approximate surface area is 545 Å². The molecule has 0 spiro atoms. The smallest absolute Gasteiger partial charge is 0.462 e. The third-order valence-electron chi connectivity index (χ3n) is 16.9. The van der Waals surface area contributed by atoms with Crippen molar-refractivity contribution in [1.82, 2.24) is 0 Å². The van der Waals surface area contributed by atoms with Crippen LogP contribution in [-0.4, -0.2) is 49.3 Å². The predicted molar refractivity (Wildman–Crippen MR) is 381 cm³/mol. The molecule has 0 bridgehead atoms. The lowest BCUT2D eigenvalue weighted by molar-refractivity contribution is -0.161. The molecule has 0 aliphatic carbocycles. The van der Waals surface area contributed by atoms with Crippen LogP contribution in [-0.2, 0) is 32.7 Å². The van der Waals surface area contributed by atoms with Gasteiger partial charge in [-0.05, 0) is 64.2 Å². The van der Waals surface area contributed by atoms with Crippen molar-refractivity contribution in [3.8, 4) is 0 Å². The van der Waals surface area contributed by atoms with Crippen LogP contribution in [0.3, 0.4) is 0 Å². The molecule has 514 valence electrons. The number of phosphoric ester groups is 1. The van der Waals surface area contributed by atoms with Gasteiger partial charge in [0.1, 0.15) is 6.61 Å². The maximum atomic E-state index is 12.8. The largest absolute Gasteiger partial charge is 0.472 e. The second kappa shape index (κ2) is 73.5. The van der Waals surface area contributed by atoms with Crippen molar-refractivity contribution in [2.75, 3.05) is 26.4 Å². The highest BCUT2D eigenvalue weighted by Crippen LogP contribution is 2.43. The quantitative estimate of drug-likeness (QED) is 0.0264. The lowest BCUT2D eigenvalue weighted by Crippen LogP contribution is -2.29. The monoisotopic (exact) mass is 1250 g/mol. The zero-order valence-electron chi connectivity index (χ0n) is 58.0. The molecule has 0 aliphatic rings. The van der Waals surface area contributed by atoms with Crippen LogP contribution in [0.4, 0.5) is 0 Å². The molecule has 0 saturated carbocycles. The number of carbonyl (C=O) groups excluding carboxylic acids is 2. The van der Waals surface area contributed by atoms with E-state index < -0.39 is 26.5 Å². The molecule has 3 N–H and O–H groups in total. The zero-order valence-corrected chi connectivity index (χ0v) is 58.9. The molecule has 0 heterocycles. The van der Waals surface area contributed by atoms with Crippen LogP contribution in [0.15, 0.2) is 72.9 Å². The van der Waals surface area contributed by atoms with Crippen molar-refractivity contribution in [3.63, 3.8) is 0 Å². The summed E-state index contributed by atoms with van der Waals surface area (Å²) in [6.07, 6.45) is 97.4. The average Bonchev–Trinajstić information content (AvgIpc) is 3.71. The Hall–Kier alpha value is -2.55. The second-order valence-electron chi connectivity index (χ2n) is 25.5. The van der Waals surface area contributed by atoms with Crippen molar-refractivity contribution < 1.29 is 37.6 Å². The molecule has 88 heavy (non-hydrogen) atoms. The SMILES string of the molecule is CC/C=C\C/C=C\C/C=C\C/C=C\C/C=C\C/C=C\CCCCCCCCCCCCCCC(=O)OC(COC(=O)CCCCCCCCCCCCCCCCCCCCCCCCCCCCCCCCCCCCCC)COP(=O)(O)OCCN. The molecular weight excluding hydrogens is 1110 g/mol. The lowest BCUT2D eigenvalue weighted by atomic mass is 10.0. The fourth-order valence-electron chi connectivity index (χ4n) is 11.3. The molecule has 2 atom stereocenters. The number of esters is 2. The van der Waals surface area contributed by atoms with Gasteiger partial charge in [-0.25, -0.2) is 4.57 Å². The third kappa shape index (κ3) is 72.5. The molecule has 2 unspecified atom stereocenters. The lowest BCUT2D eigenvalue weighted by Gasteiger charge is -2.19. The topological polar surface area (TPSA) is 134 Å². The molecule has 9 nitrogen and oxygen atoms in total. The number of carbonyl (C=O) groups is 2. The maximum Gasteiger partial charge on any atom is 0.472 e. The first-order chi connectivity index (χ1) is 43.3. The van der Waals surface area contributed by atoms with Crippen molar-refractivity contribution in [2.45, 2.75) is 386 Å². The Balaban J connectivity index is 3.80. The molecule has 0 rings (SSSR count). The average molecular weight is 1250 g/mol. The minimum absolute atomic E-state index is 0.0526. The number of ether oxygens (including phenoxy) is 2. The first-order valence-electron chi connectivity index (χ1n) is 37.9. The minimum Gasteiger partial charge on any atom is -0.462 e. The molecule has 10 heteroatoms. The van der Waals surface area contributed by atoms with Crippen molar-refractivity contribution >= 4 is 19.8 Å². The summed E-state index contributed by atoms with van der Waals surface area (Å²) >= 11 is 0. The number of phosphoric acid groups is 1. The minimum atomic E-state index is -4.40. The van der Waals surface area contributed by atoms with Crippen LogP contribution in [0.1, 0.15) is 380 Å². The van der Waals surface area contributed by atoms with Gasteiger partial charge in [0.15, 0.2) is 6.10 Å². The van der Waals surface area contributed by atoms with E-state index in [2.05, 4.69) is 86.8 Å². The van der Waals surface area contributed by atoms with Gasteiger partial charge in [-0.15, -0.1) is 0 Å². The van der Waals surface area contributed by atoms with Crippen LogP contribution < -0.4 is 5.73 Å². The summed E-state index contributed by atoms with van der Waals surface area (Å²) in [5.41, 5.74) is 5.41. The van der Waals surface area contributed by atoms with Gasteiger partial charge in [0.2, 0.25) is 0 Å². The van der Waals surface area contributed by atoms with Crippen LogP contribution in [0.5, 0.6) is 0 Å². The number of rotatable bonds is 72. The molecular formula is C78H144NO8P. The highest BCUT2D eigenvalue weighted by molar-refractivity contribution is 7.47. The van der Waals surface area contributed by atoms with E-state index in [9.17, 15) is 19.0 Å². The Kier molecular flexibility index (Phi) is 71.4. The normalized spacial score (nSPS) is 13.3. The van der Waals surface area contributed by atoms with Crippen molar-refractivity contribution in [2.24, 2.45) is 5.73 Å². The molecule has 0 aromatic rings. The molecule has 0 radical (unpaired) electrons. The number of hydrogen-bond donors (Lipinski definition) is 2. The van der Waals surface area contributed by atoms with Crippen LogP contribution in [0.2, 0.25) is 0 Å². The molecule has 0 amide bonds. The third-order valence-corrected chi connectivity index (χ3v) is 17.8. The van der Waals surface area contributed by atoms with Gasteiger partial charge in [-0.2, -0.15) is 0 Å². The highest BCUT2D eigenvalue weighted by atomic mass is 31.2. The van der Waals surface area contributed by atoms with E-state index in [0.717, 1.165) is 77.0 Å². The van der Waals surface area contributed by atoms with E-state index in [4.69, 9.17) is 24.3 Å². The molecule has 0 fully saturated rings. The first-order valence-corrected chi connectivity index (χ1v) is 39.4. The predicted octanol–water partition coefficient (Wildman–Crippen LogP) is 25.1. The summed E-state index contributed by atoms with van der Waals surface area (Å²) in [6, 6.07) is 0. The Morgan fingerprint density at radius 3 is 0.932 bits per heavy atom. The summed E-state index contributed by atoms with van der Waals surface area (Å²) in [7, 11) is -4.40.